The van der Waals surface area contributed by atoms with E-state index in [2.05, 4.69) is 20.1 Å². The molecule has 0 rings (SSSR count). The number of carbonyl (C=O) groups excluding carboxylic acids is 4. The Morgan fingerprint density at radius 1 is 1.07 bits per heavy atom. The van der Waals surface area contributed by atoms with Gasteiger partial charge in [-0.3, -0.25) is 28.8 Å². The molecule has 6 N–H and O–H groups in total. The lowest BCUT2D eigenvalue weighted by molar-refractivity contribution is -0.146. The van der Waals surface area contributed by atoms with Crippen molar-refractivity contribution >= 4 is 47.5 Å². The number of rotatable bonds is 14. The Morgan fingerprint density at radius 2 is 1.70 bits per heavy atom. The van der Waals surface area contributed by atoms with Gasteiger partial charge in [0.2, 0.25) is 11.8 Å². The Bertz CT molecular complexity index is 657. The zero-order valence-electron chi connectivity index (χ0n) is 16.4. The molecular formula is C16H25N3O10S. The van der Waals surface area contributed by atoms with Gasteiger partial charge in [-0.2, -0.15) is 0 Å². The van der Waals surface area contributed by atoms with E-state index in [1.165, 1.54) is 0 Å². The topological polar surface area (TPSA) is 211 Å². The highest BCUT2D eigenvalue weighted by Crippen LogP contribution is 2.18. The molecule has 0 aliphatic heterocycles. The Morgan fingerprint density at radius 3 is 2.20 bits per heavy atom. The van der Waals surface area contributed by atoms with Gasteiger partial charge in [0.15, 0.2) is 0 Å². The number of hydrogen-bond donors (Lipinski definition) is 5. The number of nitrogens with two attached hydrogens (primary N) is 1. The van der Waals surface area contributed by atoms with Gasteiger partial charge in [-0.25, -0.2) is 0 Å². The minimum absolute atomic E-state index is 0.190. The molecule has 0 bridgehead atoms. The van der Waals surface area contributed by atoms with E-state index in [0.717, 1.165) is 26.0 Å². The molecule has 0 aromatic heterocycles. The summed E-state index contributed by atoms with van der Waals surface area (Å²) >= 11 is 0.823. The van der Waals surface area contributed by atoms with Crippen LogP contribution < -0.4 is 16.4 Å². The summed E-state index contributed by atoms with van der Waals surface area (Å²) in [6.07, 6.45) is -0.840. The second-order valence-electron chi connectivity index (χ2n) is 5.84. The molecule has 30 heavy (non-hydrogen) atoms. The minimum atomic E-state index is -1.31. The van der Waals surface area contributed by atoms with Crippen LogP contribution in [0.5, 0.6) is 0 Å². The molecule has 0 saturated heterocycles. The van der Waals surface area contributed by atoms with Gasteiger partial charge in [-0.15, -0.1) is 11.8 Å². The minimum Gasteiger partial charge on any atom is -0.480 e. The van der Waals surface area contributed by atoms with Crippen LogP contribution in [0, 0.1) is 0 Å². The molecule has 2 amide bonds. The predicted molar refractivity (Wildman–Crippen MR) is 102 cm³/mol. The number of aliphatic carboxylic acids is 2. The highest BCUT2D eigenvalue weighted by Gasteiger charge is 2.28. The molecule has 2 unspecified atom stereocenters. The van der Waals surface area contributed by atoms with Crippen LogP contribution in [0.15, 0.2) is 0 Å². The number of nitrogens with one attached hydrogen (secondary N) is 2. The summed E-state index contributed by atoms with van der Waals surface area (Å²) in [6.45, 7) is -0.706. The van der Waals surface area contributed by atoms with Crippen LogP contribution in [0.2, 0.25) is 0 Å². The van der Waals surface area contributed by atoms with E-state index in [1.54, 1.807) is 0 Å². The van der Waals surface area contributed by atoms with Crippen molar-refractivity contribution in [3.05, 3.63) is 0 Å². The van der Waals surface area contributed by atoms with E-state index < -0.39 is 59.6 Å². The van der Waals surface area contributed by atoms with Crippen LogP contribution in [0.3, 0.4) is 0 Å². The standard InChI is InChI=1S/C16H25N3O10S/c1-28-13(23)5-10(16(27)29-2)30-7-9(14(24)18-6-12(21)22)19-11(20)4-3-8(17)15(25)26/h8-10H,3-7,17H2,1-2H3,(H,18,24)(H,19,20)(H,21,22)(H,25,26)/t8?,9-,10?/m0/s1. The summed E-state index contributed by atoms with van der Waals surface area (Å²) in [5.41, 5.74) is 5.32. The van der Waals surface area contributed by atoms with Crippen LogP contribution in [-0.2, 0) is 38.2 Å². The molecular weight excluding hydrogens is 426 g/mol. The third kappa shape index (κ3) is 11.2. The maximum absolute atomic E-state index is 12.2. The first-order chi connectivity index (χ1) is 14.0. The Kier molecular flexibility index (Phi) is 12.8. The molecule has 0 aliphatic carbocycles. The van der Waals surface area contributed by atoms with Crippen molar-refractivity contribution in [2.45, 2.75) is 36.6 Å². The second kappa shape index (κ2) is 14.2. The normalized spacial score (nSPS) is 13.3. The largest absolute Gasteiger partial charge is 0.480 e. The molecule has 170 valence electrons. The third-order valence-corrected chi connectivity index (χ3v) is 4.86. The number of methoxy groups -OCH3 is 2. The van der Waals surface area contributed by atoms with Gasteiger partial charge >= 0.3 is 23.9 Å². The third-order valence-electron chi connectivity index (χ3n) is 3.57. The summed E-state index contributed by atoms with van der Waals surface area (Å²) in [5, 5.41) is 20.8. The maximum Gasteiger partial charge on any atom is 0.322 e. The summed E-state index contributed by atoms with van der Waals surface area (Å²) < 4.78 is 9.09. The van der Waals surface area contributed by atoms with Crippen LogP contribution >= 0.6 is 11.8 Å². The van der Waals surface area contributed by atoms with Crippen LogP contribution in [-0.4, -0.2) is 89.8 Å². The fraction of sp³-hybridized carbons (Fsp3) is 0.625. The Balaban J connectivity index is 5.13. The SMILES string of the molecule is COC(=O)CC(SC[C@H](NC(=O)CCC(N)C(=O)O)C(=O)NCC(=O)O)C(=O)OC. The van der Waals surface area contributed by atoms with Crippen molar-refractivity contribution in [3.8, 4) is 0 Å². The number of thioether (sulfide) groups is 1. The fourth-order valence-corrected chi connectivity index (χ4v) is 3.08. The number of amides is 2. The van der Waals surface area contributed by atoms with Crippen molar-refractivity contribution < 1.29 is 48.5 Å². The quantitative estimate of drug-likeness (QED) is 0.176. The average Bonchev–Trinajstić information content (AvgIpc) is 2.70. The van der Waals surface area contributed by atoms with Gasteiger partial charge in [0.25, 0.3) is 0 Å². The zero-order chi connectivity index (χ0) is 23.3. The Labute approximate surface area is 176 Å². The zero-order valence-corrected chi connectivity index (χ0v) is 17.2. The smallest absolute Gasteiger partial charge is 0.322 e. The number of carboxylic acids is 2. The molecule has 0 aromatic rings. The molecule has 0 heterocycles. The first kappa shape index (κ1) is 27.1. The lowest BCUT2D eigenvalue weighted by Crippen LogP contribution is -2.50. The molecule has 13 nitrogen and oxygen atoms in total. The molecule has 0 radical (unpaired) electrons. The van der Waals surface area contributed by atoms with Gasteiger partial charge in [0.05, 0.1) is 20.6 Å². The molecule has 0 fully saturated rings. The van der Waals surface area contributed by atoms with Gasteiger partial charge in [0, 0.05) is 12.2 Å². The first-order valence-corrected chi connectivity index (χ1v) is 9.60. The summed E-state index contributed by atoms with van der Waals surface area (Å²) in [6, 6.07) is -2.54. The van der Waals surface area contributed by atoms with E-state index in [9.17, 15) is 28.8 Å². The van der Waals surface area contributed by atoms with Gasteiger partial charge in [-0.05, 0) is 6.42 Å². The number of ether oxygens (including phenoxy) is 2. The molecule has 0 aromatic carbocycles. The fourth-order valence-electron chi connectivity index (χ4n) is 1.93. The van der Waals surface area contributed by atoms with E-state index in [-0.39, 0.29) is 25.0 Å². The van der Waals surface area contributed by atoms with E-state index in [1.807, 2.05) is 0 Å². The van der Waals surface area contributed by atoms with E-state index >= 15 is 0 Å². The van der Waals surface area contributed by atoms with Gasteiger partial charge < -0.3 is 36.1 Å². The lowest BCUT2D eigenvalue weighted by atomic mass is 10.1. The first-order valence-electron chi connectivity index (χ1n) is 8.55. The van der Waals surface area contributed by atoms with Crippen molar-refractivity contribution in [2.75, 3.05) is 26.5 Å². The number of esters is 2. The van der Waals surface area contributed by atoms with Crippen molar-refractivity contribution in [3.63, 3.8) is 0 Å². The Hall–Kier alpha value is -2.87. The summed E-state index contributed by atoms with van der Waals surface area (Å²) in [5.74, 6) is -5.82. The summed E-state index contributed by atoms with van der Waals surface area (Å²) in [7, 11) is 2.24. The maximum atomic E-state index is 12.2. The number of carboxylic acid groups (broad SMARTS) is 2. The number of hydrogen-bond acceptors (Lipinski definition) is 10. The molecule has 0 saturated carbocycles. The molecule has 0 aliphatic rings. The van der Waals surface area contributed by atoms with Crippen LogP contribution in [0.25, 0.3) is 0 Å². The number of carbonyl (C=O) groups is 6. The van der Waals surface area contributed by atoms with Crippen molar-refractivity contribution in [2.24, 2.45) is 5.73 Å². The average molecular weight is 451 g/mol. The van der Waals surface area contributed by atoms with Gasteiger partial charge in [0.1, 0.15) is 23.9 Å². The molecule has 0 spiro atoms. The molecule has 14 heteroatoms. The summed E-state index contributed by atoms with van der Waals surface area (Å²) in [4.78, 5) is 68.9. The van der Waals surface area contributed by atoms with Crippen molar-refractivity contribution in [1.82, 2.24) is 10.6 Å². The van der Waals surface area contributed by atoms with Crippen LogP contribution in [0.1, 0.15) is 19.3 Å². The van der Waals surface area contributed by atoms with Crippen molar-refractivity contribution in [1.29, 1.82) is 0 Å². The molecule has 3 atom stereocenters. The van der Waals surface area contributed by atoms with Crippen LogP contribution in [0.4, 0.5) is 0 Å². The van der Waals surface area contributed by atoms with E-state index in [4.69, 9.17) is 15.9 Å². The van der Waals surface area contributed by atoms with Gasteiger partial charge in [-0.1, -0.05) is 0 Å². The lowest BCUT2D eigenvalue weighted by Gasteiger charge is -2.20. The monoisotopic (exact) mass is 451 g/mol. The second-order valence-corrected chi connectivity index (χ2v) is 7.08. The van der Waals surface area contributed by atoms with E-state index in [0.29, 0.717) is 0 Å². The highest BCUT2D eigenvalue weighted by molar-refractivity contribution is 8.00. The highest BCUT2D eigenvalue weighted by atomic mass is 32.2. The predicted octanol–water partition coefficient (Wildman–Crippen LogP) is -2.30.